The molecule has 3 heterocycles. The van der Waals surface area contributed by atoms with E-state index in [1.54, 1.807) is 12.1 Å². The summed E-state index contributed by atoms with van der Waals surface area (Å²) in [5, 5.41) is 2.87. The first-order valence-electron chi connectivity index (χ1n) is 16.5. The standard InChI is InChI=1S/C34H49N5O6S/c1-34(2,3)45-32(40)35-29-14-18-39(19-15-29)46(42,43)31-11-7-10-30(24-31)37-22-20-36(21-23-37)25-27-12-16-38(17-13-27)33(41)44-26-28-8-5-4-6-9-28/h4-11,24,27,29H,12-23,25-26H2,1-3H3,(H,35,40). The van der Waals surface area contributed by atoms with Crippen molar-refractivity contribution in [3.63, 3.8) is 0 Å². The fourth-order valence-corrected chi connectivity index (χ4v) is 7.88. The molecule has 0 aliphatic carbocycles. The van der Waals surface area contributed by atoms with Gasteiger partial charge in [0, 0.05) is 70.6 Å². The number of sulfonamides is 1. The summed E-state index contributed by atoms with van der Waals surface area (Å²) < 4.78 is 39.4. The average Bonchev–Trinajstić information content (AvgIpc) is 3.04. The third-order valence-corrected chi connectivity index (χ3v) is 10.9. The molecule has 3 aliphatic rings. The van der Waals surface area contributed by atoms with Crippen LogP contribution < -0.4 is 10.2 Å². The molecule has 0 spiro atoms. The quantitative estimate of drug-likeness (QED) is 0.442. The van der Waals surface area contributed by atoms with Crippen molar-refractivity contribution in [3.05, 3.63) is 60.2 Å². The molecule has 5 rings (SSSR count). The van der Waals surface area contributed by atoms with Crippen LogP contribution in [0.4, 0.5) is 15.3 Å². The predicted molar refractivity (Wildman–Crippen MR) is 177 cm³/mol. The van der Waals surface area contributed by atoms with E-state index in [4.69, 9.17) is 9.47 Å². The van der Waals surface area contributed by atoms with Gasteiger partial charge in [-0.15, -0.1) is 0 Å². The van der Waals surface area contributed by atoms with E-state index in [1.807, 2.05) is 68.1 Å². The highest BCUT2D eigenvalue weighted by Crippen LogP contribution is 2.27. The number of carbonyl (C=O) groups excluding carboxylic acids is 2. The van der Waals surface area contributed by atoms with Crippen LogP contribution >= 0.6 is 0 Å². The number of rotatable bonds is 8. The van der Waals surface area contributed by atoms with Crippen LogP contribution in [0.25, 0.3) is 0 Å². The summed E-state index contributed by atoms with van der Waals surface area (Å²) in [6.45, 7) is 12.4. The molecule has 3 saturated heterocycles. The molecule has 46 heavy (non-hydrogen) atoms. The van der Waals surface area contributed by atoms with Crippen molar-refractivity contribution in [2.24, 2.45) is 5.92 Å². The molecule has 2 aromatic carbocycles. The highest BCUT2D eigenvalue weighted by molar-refractivity contribution is 7.89. The molecular weight excluding hydrogens is 606 g/mol. The first kappa shape index (κ1) is 34.0. The van der Waals surface area contributed by atoms with E-state index in [0.29, 0.717) is 43.4 Å². The van der Waals surface area contributed by atoms with Gasteiger partial charge in [-0.3, -0.25) is 4.90 Å². The number of nitrogens with zero attached hydrogens (tertiary/aromatic N) is 4. The fraction of sp³-hybridized carbons (Fsp3) is 0.588. The number of ether oxygens (including phenoxy) is 2. The lowest BCUT2D eigenvalue weighted by molar-refractivity contribution is 0.0489. The minimum absolute atomic E-state index is 0.113. The molecule has 0 aromatic heterocycles. The number of piperidine rings is 2. The van der Waals surface area contributed by atoms with Gasteiger partial charge in [0.05, 0.1) is 4.90 Å². The monoisotopic (exact) mass is 655 g/mol. The maximum Gasteiger partial charge on any atom is 0.410 e. The molecule has 2 aromatic rings. The van der Waals surface area contributed by atoms with Gasteiger partial charge < -0.3 is 24.6 Å². The van der Waals surface area contributed by atoms with Crippen LogP contribution in [-0.2, 0) is 26.1 Å². The van der Waals surface area contributed by atoms with Crippen LogP contribution in [0.3, 0.4) is 0 Å². The molecule has 0 radical (unpaired) electrons. The second-order valence-corrected chi connectivity index (χ2v) is 15.5. The van der Waals surface area contributed by atoms with E-state index in [9.17, 15) is 18.0 Å². The molecule has 3 fully saturated rings. The molecule has 0 unspecified atom stereocenters. The molecule has 2 amide bonds. The van der Waals surface area contributed by atoms with Crippen molar-refractivity contribution in [3.8, 4) is 0 Å². The largest absolute Gasteiger partial charge is 0.445 e. The Kier molecular flexibility index (Phi) is 11.1. The zero-order valence-corrected chi connectivity index (χ0v) is 28.2. The van der Waals surface area contributed by atoms with Gasteiger partial charge in [0.25, 0.3) is 0 Å². The summed E-state index contributed by atoms with van der Waals surface area (Å²) >= 11 is 0. The number of amides is 2. The number of carbonyl (C=O) groups is 2. The van der Waals surface area contributed by atoms with Crippen LogP contribution in [0.1, 0.15) is 52.0 Å². The molecule has 12 heteroatoms. The van der Waals surface area contributed by atoms with E-state index >= 15 is 0 Å². The van der Waals surface area contributed by atoms with Crippen molar-refractivity contribution in [1.29, 1.82) is 0 Å². The second-order valence-electron chi connectivity index (χ2n) is 13.6. The SMILES string of the molecule is CC(C)(C)OC(=O)NC1CCN(S(=O)(=O)c2cccc(N3CCN(CC4CCN(C(=O)OCc5ccccc5)CC4)CC3)c2)CC1. The topological polar surface area (TPSA) is 112 Å². The van der Waals surface area contributed by atoms with Gasteiger partial charge in [-0.05, 0) is 76.1 Å². The lowest BCUT2D eigenvalue weighted by Gasteiger charge is -2.39. The maximum absolute atomic E-state index is 13.5. The Hall–Kier alpha value is -3.35. The van der Waals surface area contributed by atoms with Crippen LogP contribution in [0.5, 0.6) is 0 Å². The van der Waals surface area contributed by atoms with E-state index in [0.717, 1.165) is 69.9 Å². The normalized spacial score (nSPS) is 19.5. The minimum Gasteiger partial charge on any atom is -0.445 e. The first-order chi connectivity index (χ1) is 22.0. The van der Waals surface area contributed by atoms with E-state index in [2.05, 4.69) is 15.1 Å². The molecule has 1 N–H and O–H groups in total. The maximum atomic E-state index is 13.5. The number of anilines is 1. The van der Waals surface area contributed by atoms with Crippen molar-refractivity contribution in [2.75, 3.05) is 63.8 Å². The Balaban J connectivity index is 1.04. The summed E-state index contributed by atoms with van der Waals surface area (Å²) in [6.07, 6.45) is 2.31. The number of hydrogen-bond donors (Lipinski definition) is 1. The number of piperazine rings is 1. The smallest absolute Gasteiger partial charge is 0.410 e. The summed E-state index contributed by atoms with van der Waals surface area (Å²) in [6, 6.07) is 16.9. The number of alkyl carbamates (subject to hydrolysis) is 1. The molecule has 252 valence electrons. The Morgan fingerprint density at radius 1 is 0.848 bits per heavy atom. The summed E-state index contributed by atoms with van der Waals surface area (Å²) in [7, 11) is -3.65. The fourth-order valence-electron chi connectivity index (χ4n) is 6.37. The second kappa shape index (κ2) is 15.0. The molecule has 11 nitrogen and oxygen atoms in total. The van der Waals surface area contributed by atoms with Crippen molar-refractivity contribution >= 4 is 27.9 Å². The third kappa shape index (κ3) is 9.36. The summed E-state index contributed by atoms with van der Waals surface area (Å²) in [4.78, 5) is 31.5. The van der Waals surface area contributed by atoms with Gasteiger partial charge >= 0.3 is 12.2 Å². The van der Waals surface area contributed by atoms with Gasteiger partial charge in [0.1, 0.15) is 12.2 Å². The first-order valence-corrected chi connectivity index (χ1v) is 17.9. The van der Waals surface area contributed by atoms with Gasteiger partial charge in [-0.1, -0.05) is 36.4 Å². The van der Waals surface area contributed by atoms with Crippen molar-refractivity contribution < 1.29 is 27.5 Å². The zero-order valence-electron chi connectivity index (χ0n) is 27.4. The van der Waals surface area contributed by atoms with E-state index < -0.39 is 21.7 Å². The van der Waals surface area contributed by atoms with Gasteiger partial charge in [-0.25, -0.2) is 18.0 Å². The van der Waals surface area contributed by atoms with Gasteiger partial charge in [0.15, 0.2) is 0 Å². The van der Waals surface area contributed by atoms with Crippen LogP contribution in [0, 0.1) is 5.92 Å². The highest BCUT2D eigenvalue weighted by atomic mass is 32.2. The molecule has 3 aliphatic heterocycles. The Bertz CT molecular complexity index is 1410. The van der Waals surface area contributed by atoms with E-state index in [-0.39, 0.29) is 12.1 Å². The minimum atomic E-state index is -3.65. The van der Waals surface area contributed by atoms with Crippen molar-refractivity contribution in [1.82, 2.24) is 19.4 Å². The summed E-state index contributed by atoms with van der Waals surface area (Å²) in [5.41, 5.74) is 1.33. The summed E-state index contributed by atoms with van der Waals surface area (Å²) in [5.74, 6) is 0.543. The Morgan fingerprint density at radius 3 is 2.17 bits per heavy atom. The van der Waals surface area contributed by atoms with Crippen LogP contribution in [0.15, 0.2) is 59.5 Å². The lowest BCUT2D eigenvalue weighted by atomic mass is 9.96. The number of benzene rings is 2. The molecular formula is C34H49N5O6S. The third-order valence-electron chi connectivity index (χ3n) is 8.96. The average molecular weight is 656 g/mol. The molecule has 0 saturated carbocycles. The zero-order chi connectivity index (χ0) is 32.7. The van der Waals surface area contributed by atoms with Gasteiger partial charge in [0.2, 0.25) is 10.0 Å². The molecule has 0 bridgehead atoms. The lowest BCUT2D eigenvalue weighted by Crippen LogP contribution is -2.49. The predicted octanol–water partition coefficient (Wildman–Crippen LogP) is 4.54. The van der Waals surface area contributed by atoms with Crippen LogP contribution in [0.2, 0.25) is 0 Å². The molecule has 0 atom stereocenters. The van der Waals surface area contributed by atoms with Crippen LogP contribution in [-0.4, -0.2) is 105 Å². The number of hydrogen-bond acceptors (Lipinski definition) is 8. The number of likely N-dealkylation sites (tertiary alicyclic amines) is 1. The number of nitrogens with one attached hydrogen (secondary N) is 1. The Morgan fingerprint density at radius 2 is 1.52 bits per heavy atom. The highest BCUT2D eigenvalue weighted by Gasteiger charge is 2.32. The van der Waals surface area contributed by atoms with Gasteiger partial charge in [-0.2, -0.15) is 4.31 Å². The van der Waals surface area contributed by atoms with Crippen molar-refractivity contribution in [2.45, 2.75) is 69.6 Å². The van der Waals surface area contributed by atoms with E-state index in [1.165, 1.54) is 4.31 Å². The Labute approximate surface area is 273 Å².